The van der Waals surface area contributed by atoms with Gasteiger partial charge in [-0.15, -0.1) is 0 Å². The first kappa shape index (κ1) is 14.8. The molecule has 0 spiro atoms. The fourth-order valence-corrected chi connectivity index (χ4v) is 3.06. The van der Waals surface area contributed by atoms with Crippen molar-refractivity contribution in [2.75, 3.05) is 27.9 Å². The molecule has 0 bridgehead atoms. The number of ether oxygens (including phenoxy) is 3. The Bertz CT molecular complexity index is 626. The second-order valence-corrected chi connectivity index (χ2v) is 5.31. The highest BCUT2D eigenvalue weighted by atomic mass is 16.5. The van der Waals surface area contributed by atoms with Crippen molar-refractivity contribution in [2.24, 2.45) is 0 Å². The summed E-state index contributed by atoms with van der Waals surface area (Å²) in [6, 6.07) is 8.06. The summed E-state index contributed by atoms with van der Waals surface area (Å²) in [5.41, 5.74) is 2.23. The number of rotatable bonds is 4. The molecule has 2 aromatic rings. The molecule has 118 valence electrons. The van der Waals surface area contributed by atoms with Crippen LogP contribution in [0.5, 0.6) is 17.2 Å². The van der Waals surface area contributed by atoms with Crippen LogP contribution in [0.1, 0.15) is 23.7 Å². The third-order valence-corrected chi connectivity index (χ3v) is 4.13. The number of methoxy groups -OCH3 is 3. The fraction of sp³-hybridized carbons (Fsp3) is 0.412. The van der Waals surface area contributed by atoms with Crippen LogP contribution in [0.15, 0.2) is 30.5 Å². The van der Waals surface area contributed by atoms with Crippen LogP contribution in [0.3, 0.4) is 0 Å². The average Bonchev–Trinajstić information content (AvgIpc) is 2.93. The van der Waals surface area contributed by atoms with Gasteiger partial charge < -0.3 is 24.1 Å². The molecular weight excluding hydrogens is 280 g/mol. The highest BCUT2D eigenvalue weighted by Crippen LogP contribution is 2.41. The van der Waals surface area contributed by atoms with Crippen LogP contribution in [0, 0.1) is 0 Å². The van der Waals surface area contributed by atoms with Gasteiger partial charge in [0.15, 0.2) is 0 Å². The second kappa shape index (κ2) is 6.32. The number of aromatic nitrogens is 1. The molecule has 1 aliphatic heterocycles. The van der Waals surface area contributed by atoms with Crippen molar-refractivity contribution in [3.8, 4) is 17.2 Å². The molecule has 0 saturated heterocycles. The van der Waals surface area contributed by atoms with Gasteiger partial charge in [-0.05, 0) is 25.1 Å². The summed E-state index contributed by atoms with van der Waals surface area (Å²) in [7, 11) is 4.99. The SMILES string of the molecule is COc1cc(OC)c(C2NCCCn3cccc32)c(OC)c1. The van der Waals surface area contributed by atoms with E-state index in [0.29, 0.717) is 0 Å². The molecule has 1 atom stereocenters. The third kappa shape index (κ3) is 2.52. The van der Waals surface area contributed by atoms with E-state index in [1.807, 2.05) is 12.1 Å². The van der Waals surface area contributed by atoms with E-state index in [9.17, 15) is 0 Å². The van der Waals surface area contributed by atoms with E-state index in [2.05, 4.69) is 28.2 Å². The maximum Gasteiger partial charge on any atom is 0.131 e. The molecule has 2 heterocycles. The van der Waals surface area contributed by atoms with Crippen molar-refractivity contribution in [1.82, 2.24) is 9.88 Å². The van der Waals surface area contributed by atoms with Gasteiger partial charge in [-0.3, -0.25) is 0 Å². The number of fused-ring (bicyclic) bond motifs is 1. The van der Waals surface area contributed by atoms with E-state index in [4.69, 9.17) is 14.2 Å². The van der Waals surface area contributed by atoms with Crippen LogP contribution in [0.25, 0.3) is 0 Å². The van der Waals surface area contributed by atoms with E-state index in [1.165, 1.54) is 5.69 Å². The molecule has 5 nitrogen and oxygen atoms in total. The van der Waals surface area contributed by atoms with Gasteiger partial charge in [0, 0.05) is 30.6 Å². The minimum Gasteiger partial charge on any atom is -0.496 e. The zero-order valence-corrected chi connectivity index (χ0v) is 13.3. The standard InChI is InChI=1S/C17H22N2O3/c1-20-12-10-14(21-2)16(15(11-12)22-3)17-13-6-4-8-19(13)9-5-7-18-17/h4,6,8,10-11,17-18H,5,7,9H2,1-3H3. The quantitative estimate of drug-likeness (QED) is 0.943. The minimum absolute atomic E-state index is 0.0355. The Morgan fingerprint density at radius 1 is 1.09 bits per heavy atom. The predicted octanol–water partition coefficient (Wildman–Crippen LogP) is 2.60. The molecule has 0 amide bonds. The van der Waals surface area contributed by atoms with Gasteiger partial charge >= 0.3 is 0 Å². The molecule has 0 aliphatic carbocycles. The highest BCUT2D eigenvalue weighted by molar-refractivity contribution is 5.54. The highest BCUT2D eigenvalue weighted by Gasteiger charge is 2.27. The number of nitrogens with one attached hydrogen (secondary N) is 1. The number of benzene rings is 1. The lowest BCUT2D eigenvalue weighted by Crippen LogP contribution is -2.23. The smallest absolute Gasteiger partial charge is 0.131 e. The Kier molecular flexibility index (Phi) is 4.24. The Labute approximate surface area is 130 Å². The van der Waals surface area contributed by atoms with Crippen LogP contribution < -0.4 is 19.5 Å². The zero-order valence-electron chi connectivity index (χ0n) is 13.3. The Balaban J connectivity index is 2.15. The molecule has 1 aromatic carbocycles. The van der Waals surface area contributed by atoms with Crippen molar-refractivity contribution in [3.63, 3.8) is 0 Å². The largest absolute Gasteiger partial charge is 0.496 e. The molecule has 0 radical (unpaired) electrons. The molecular formula is C17H22N2O3. The van der Waals surface area contributed by atoms with E-state index in [0.717, 1.165) is 42.3 Å². The van der Waals surface area contributed by atoms with E-state index in [-0.39, 0.29) is 6.04 Å². The Morgan fingerprint density at radius 3 is 2.45 bits per heavy atom. The maximum atomic E-state index is 5.61. The molecule has 22 heavy (non-hydrogen) atoms. The summed E-state index contributed by atoms with van der Waals surface area (Å²) >= 11 is 0. The van der Waals surface area contributed by atoms with Crippen molar-refractivity contribution in [3.05, 3.63) is 41.7 Å². The topological polar surface area (TPSA) is 44.7 Å². The average molecular weight is 302 g/mol. The molecule has 1 aliphatic rings. The Hall–Kier alpha value is -2.14. The molecule has 5 heteroatoms. The first-order valence-corrected chi connectivity index (χ1v) is 7.46. The number of nitrogens with zero attached hydrogens (tertiary/aromatic N) is 1. The molecule has 1 aromatic heterocycles. The molecule has 0 saturated carbocycles. The van der Waals surface area contributed by atoms with Gasteiger partial charge in [0.25, 0.3) is 0 Å². The van der Waals surface area contributed by atoms with E-state index >= 15 is 0 Å². The lowest BCUT2D eigenvalue weighted by Gasteiger charge is -2.23. The van der Waals surface area contributed by atoms with Crippen LogP contribution >= 0.6 is 0 Å². The van der Waals surface area contributed by atoms with Crippen molar-refractivity contribution < 1.29 is 14.2 Å². The monoisotopic (exact) mass is 302 g/mol. The fourth-order valence-electron chi connectivity index (χ4n) is 3.06. The number of aryl methyl sites for hydroxylation is 1. The lowest BCUT2D eigenvalue weighted by atomic mass is 10.0. The van der Waals surface area contributed by atoms with Crippen LogP contribution in [-0.4, -0.2) is 32.4 Å². The van der Waals surface area contributed by atoms with E-state index in [1.54, 1.807) is 21.3 Å². The third-order valence-electron chi connectivity index (χ3n) is 4.13. The lowest BCUT2D eigenvalue weighted by molar-refractivity contribution is 0.362. The zero-order chi connectivity index (χ0) is 15.5. The second-order valence-electron chi connectivity index (χ2n) is 5.31. The molecule has 3 rings (SSSR count). The summed E-state index contributed by atoms with van der Waals surface area (Å²) < 4.78 is 18.8. The molecule has 0 fully saturated rings. The summed E-state index contributed by atoms with van der Waals surface area (Å²) in [4.78, 5) is 0. The normalized spacial score (nSPS) is 17.5. The molecule has 1 N–H and O–H groups in total. The Morgan fingerprint density at radius 2 is 1.82 bits per heavy atom. The first-order chi connectivity index (χ1) is 10.8. The summed E-state index contributed by atoms with van der Waals surface area (Å²) in [5, 5.41) is 3.61. The van der Waals surface area contributed by atoms with Gasteiger partial charge in [-0.25, -0.2) is 0 Å². The molecule has 1 unspecified atom stereocenters. The summed E-state index contributed by atoms with van der Waals surface area (Å²) in [6.07, 6.45) is 3.22. The summed E-state index contributed by atoms with van der Waals surface area (Å²) in [6.45, 7) is 1.97. The van der Waals surface area contributed by atoms with Gasteiger partial charge in [0.2, 0.25) is 0 Å². The summed E-state index contributed by atoms with van der Waals surface area (Å²) in [5.74, 6) is 2.26. The number of hydrogen-bond acceptors (Lipinski definition) is 4. The number of hydrogen-bond donors (Lipinski definition) is 1. The van der Waals surface area contributed by atoms with Gasteiger partial charge in [-0.2, -0.15) is 0 Å². The van der Waals surface area contributed by atoms with E-state index < -0.39 is 0 Å². The first-order valence-electron chi connectivity index (χ1n) is 7.46. The maximum absolute atomic E-state index is 5.61. The van der Waals surface area contributed by atoms with Crippen LogP contribution in [-0.2, 0) is 6.54 Å². The van der Waals surface area contributed by atoms with Gasteiger partial charge in [-0.1, -0.05) is 0 Å². The minimum atomic E-state index is 0.0355. The van der Waals surface area contributed by atoms with Crippen molar-refractivity contribution in [1.29, 1.82) is 0 Å². The van der Waals surface area contributed by atoms with Crippen molar-refractivity contribution in [2.45, 2.75) is 19.0 Å². The van der Waals surface area contributed by atoms with Crippen molar-refractivity contribution >= 4 is 0 Å². The van der Waals surface area contributed by atoms with Crippen LogP contribution in [0.4, 0.5) is 0 Å². The van der Waals surface area contributed by atoms with Gasteiger partial charge in [0.1, 0.15) is 17.2 Å². The van der Waals surface area contributed by atoms with Gasteiger partial charge in [0.05, 0.1) is 32.9 Å². The predicted molar refractivity (Wildman–Crippen MR) is 85.0 cm³/mol. The van der Waals surface area contributed by atoms with Crippen LogP contribution in [0.2, 0.25) is 0 Å².